The van der Waals surface area contributed by atoms with Crippen LogP contribution in [0.1, 0.15) is 50.9 Å². The van der Waals surface area contributed by atoms with Crippen molar-refractivity contribution >= 4 is 23.2 Å². The second-order valence-corrected chi connectivity index (χ2v) is 7.51. The Kier molecular flexibility index (Phi) is 4.95. The number of aliphatic imine (C=N–C) groups is 1. The molecule has 1 saturated carbocycles. The number of benzene rings is 1. The first-order valence-electron chi connectivity index (χ1n) is 8.31. The van der Waals surface area contributed by atoms with Crippen LogP contribution in [0.15, 0.2) is 41.4 Å². The van der Waals surface area contributed by atoms with Crippen LogP contribution in [-0.2, 0) is 16.8 Å². The lowest BCUT2D eigenvalue weighted by atomic mass is 9.86. The van der Waals surface area contributed by atoms with Crippen molar-refractivity contribution in [3.63, 3.8) is 0 Å². The molecule has 2 aromatic rings. The normalized spacial score (nSPS) is 20.3. The monoisotopic (exact) mass is 341 g/mol. The molecule has 0 spiro atoms. The number of hydrogen-bond donors (Lipinski definition) is 0. The Hall–Kier alpha value is -1.81. The summed E-state index contributed by atoms with van der Waals surface area (Å²) in [6, 6.07) is 12.7. The molecule has 0 unspecified atom stereocenters. The lowest BCUT2D eigenvalue weighted by Gasteiger charge is -2.37. The van der Waals surface area contributed by atoms with E-state index >= 15 is 0 Å². The summed E-state index contributed by atoms with van der Waals surface area (Å²) in [5, 5.41) is 7.01. The highest BCUT2D eigenvalue weighted by molar-refractivity contribution is 7.78. The predicted molar refractivity (Wildman–Crippen MR) is 98.9 cm³/mol. The van der Waals surface area contributed by atoms with Gasteiger partial charge in [0.1, 0.15) is 0 Å². The largest absolute Gasteiger partial charge is 0.373 e. The molecule has 1 heterocycles. The average Bonchev–Trinajstić information content (AvgIpc) is 2.91. The molecule has 4 nitrogen and oxygen atoms in total. The van der Waals surface area contributed by atoms with E-state index in [0.29, 0.717) is 24.6 Å². The maximum absolute atomic E-state index is 6.00. The lowest BCUT2D eigenvalue weighted by molar-refractivity contribution is -0.0394. The maximum Gasteiger partial charge on any atom is 0.184 e. The Morgan fingerprint density at radius 2 is 2.00 bits per heavy atom. The summed E-state index contributed by atoms with van der Waals surface area (Å²) in [4.78, 5) is 4.04. The summed E-state index contributed by atoms with van der Waals surface area (Å²) >= 11 is 4.70. The van der Waals surface area contributed by atoms with Gasteiger partial charge in [0.2, 0.25) is 0 Å². The Labute approximate surface area is 148 Å². The second kappa shape index (κ2) is 6.98. The highest BCUT2D eigenvalue weighted by Crippen LogP contribution is 2.39. The molecule has 0 N–H and O–H groups in total. The van der Waals surface area contributed by atoms with Crippen LogP contribution in [0.5, 0.6) is 0 Å². The number of nitrogens with zero attached hydrogens (tertiary/aromatic N) is 3. The first-order chi connectivity index (χ1) is 11.5. The Morgan fingerprint density at radius 3 is 2.62 bits per heavy atom. The molecule has 1 aliphatic rings. The van der Waals surface area contributed by atoms with Gasteiger partial charge in [0.25, 0.3) is 0 Å². The standard InChI is InChI=1S/C19H23N3OS/c1-19(2,3)17-11-18(20-13-24)21-22(17)15-9-16(10-15)23-12-14-7-5-4-6-8-14/h4-8,11,15-16H,9-10,12H2,1-3H3. The van der Waals surface area contributed by atoms with Gasteiger partial charge in [0, 0.05) is 17.2 Å². The summed E-state index contributed by atoms with van der Waals surface area (Å²) in [5.74, 6) is 0.642. The van der Waals surface area contributed by atoms with E-state index in [2.05, 4.69) is 52.8 Å². The molecule has 1 fully saturated rings. The molecule has 0 saturated heterocycles. The fourth-order valence-electron chi connectivity index (χ4n) is 2.98. The molecular weight excluding hydrogens is 318 g/mol. The van der Waals surface area contributed by atoms with Gasteiger partial charge < -0.3 is 4.74 Å². The second-order valence-electron chi connectivity index (χ2n) is 7.33. The molecule has 1 aromatic carbocycles. The molecule has 3 rings (SSSR count). The van der Waals surface area contributed by atoms with Crippen molar-refractivity contribution < 1.29 is 4.74 Å². The minimum atomic E-state index is 0.0121. The van der Waals surface area contributed by atoms with Gasteiger partial charge in [-0.3, -0.25) is 4.68 Å². The summed E-state index contributed by atoms with van der Waals surface area (Å²) in [6.45, 7) is 7.23. The maximum atomic E-state index is 6.00. The van der Waals surface area contributed by atoms with Crippen LogP contribution >= 0.6 is 12.2 Å². The van der Waals surface area contributed by atoms with Crippen molar-refractivity contribution in [2.24, 2.45) is 4.99 Å². The topological polar surface area (TPSA) is 39.4 Å². The SMILES string of the molecule is CC(C)(C)c1cc(N=C=S)nn1C1CC(OCc2ccccc2)C1. The highest BCUT2D eigenvalue weighted by Gasteiger charge is 2.35. The number of isothiocyanates is 1. The zero-order valence-corrected chi connectivity index (χ0v) is 15.2. The molecule has 0 amide bonds. The van der Waals surface area contributed by atoms with Crippen molar-refractivity contribution in [2.75, 3.05) is 0 Å². The predicted octanol–water partition coefficient (Wildman–Crippen LogP) is 4.84. The number of rotatable bonds is 5. The van der Waals surface area contributed by atoms with Crippen LogP contribution in [0.4, 0.5) is 5.82 Å². The summed E-state index contributed by atoms with van der Waals surface area (Å²) in [6.07, 6.45) is 2.26. The first kappa shape index (κ1) is 17.0. The number of hydrogen-bond acceptors (Lipinski definition) is 4. The number of ether oxygens (including phenoxy) is 1. The van der Waals surface area contributed by atoms with Gasteiger partial charge in [0.05, 0.1) is 23.9 Å². The molecule has 0 atom stereocenters. The Balaban J connectivity index is 1.64. The zero-order chi connectivity index (χ0) is 17.2. The van der Waals surface area contributed by atoms with E-state index in [1.807, 2.05) is 24.3 Å². The van der Waals surface area contributed by atoms with Gasteiger partial charge >= 0.3 is 0 Å². The quantitative estimate of drug-likeness (QED) is 0.577. The highest BCUT2D eigenvalue weighted by atomic mass is 32.1. The fraction of sp³-hybridized carbons (Fsp3) is 0.474. The molecule has 1 aliphatic carbocycles. The Bertz CT molecular complexity index is 736. The van der Waals surface area contributed by atoms with Crippen LogP contribution < -0.4 is 0 Å². The van der Waals surface area contributed by atoms with Gasteiger partial charge in [-0.2, -0.15) is 10.1 Å². The van der Waals surface area contributed by atoms with Gasteiger partial charge in [-0.1, -0.05) is 51.1 Å². The first-order valence-corrected chi connectivity index (χ1v) is 8.71. The van der Waals surface area contributed by atoms with Crippen molar-refractivity contribution in [3.8, 4) is 0 Å². The van der Waals surface area contributed by atoms with E-state index in [-0.39, 0.29) is 5.41 Å². The molecule has 5 heteroatoms. The van der Waals surface area contributed by atoms with Gasteiger partial charge in [-0.25, -0.2) is 0 Å². The van der Waals surface area contributed by atoms with E-state index in [0.717, 1.165) is 12.8 Å². The van der Waals surface area contributed by atoms with E-state index in [1.165, 1.54) is 11.3 Å². The van der Waals surface area contributed by atoms with Gasteiger partial charge in [-0.05, 0) is 30.6 Å². The Morgan fingerprint density at radius 1 is 1.29 bits per heavy atom. The third kappa shape index (κ3) is 3.81. The van der Waals surface area contributed by atoms with E-state index in [4.69, 9.17) is 17.0 Å². The van der Waals surface area contributed by atoms with E-state index < -0.39 is 0 Å². The van der Waals surface area contributed by atoms with Crippen LogP contribution in [0, 0.1) is 0 Å². The van der Waals surface area contributed by atoms with Crippen molar-refractivity contribution in [2.45, 2.75) is 57.8 Å². The lowest BCUT2D eigenvalue weighted by Crippen LogP contribution is -2.36. The van der Waals surface area contributed by atoms with E-state index in [1.54, 1.807) is 0 Å². The van der Waals surface area contributed by atoms with E-state index in [9.17, 15) is 0 Å². The van der Waals surface area contributed by atoms with Crippen molar-refractivity contribution in [3.05, 3.63) is 47.7 Å². The molecule has 24 heavy (non-hydrogen) atoms. The van der Waals surface area contributed by atoms with Crippen LogP contribution in [0.3, 0.4) is 0 Å². The van der Waals surface area contributed by atoms with Gasteiger partial charge in [-0.15, -0.1) is 0 Å². The third-order valence-electron chi connectivity index (χ3n) is 4.40. The number of thiocarbonyl (C=S) groups is 1. The van der Waals surface area contributed by atoms with Gasteiger partial charge in [0.15, 0.2) is 5.82 Å². The molecule has 0 radical (unpaired) electrons. The average molecular weight is 341 g/mol. The number of aromatic nitrogens is 2. The molecule has 0 bridgehead atoms. The van der Waals surface area contributed by atoms with Crippen molar-refractivity contribution in [1.82, 2.24) is 9.78 Å². The molecule has 1 aromatic heterocycles. The smallest absolute Gasteiger partial charge is 0.184 e. The summed E-state index contributed by atoms with van der Waals surface area (Å²) in [7, 11) is 0. The zero-order valence-electron chi connectivity index (χ0n) is 14.4. The van der Waals surface area contributed by atoms with Crippen LogP contribution in [0.25, 0.3) is 0 Å². The third-order valence-corrected chi connectivity index (χ3v) is 4.49. The molecular formula is C19H23N3OS. The summed E-state index contributed by atoms with van der Waals surface area (Å²) in [5.41, 5.74) is 2.41. The fourth-order valence-corrected chi connectivity index (χ4v) is 3.08. The van der Waals surface area contributed by atoms with Crippen molar-refractivity contribution in [1.29, 1.82) is 0 Å². The van der Waals surface area contributed by atoms with Crippen LogP contribution in [0.2, 0.25) is 0 Å². The molecule has 126 valence electrons. The molecule has 0 aliphatic heterocycles. The minimum absolute atomic E-state index is 0.0121. The summed E-state index contributed by atoms with van der Waals surface area (Å²) < 4.78 is 8.11. The van der Waals surface area contributed by atoms with Crippen LogP contribution in [-0.4, -0.2) is 21.0 Å². The minimum Gasteiger partial charge on any atom is -0.373 e.